The molecule has 0 aromatic carbocycles. The first-order chi connectivity index (χ1) is 9.52. The standard InChI is InChI=1S/C14H26N2O4/c1-10(9-20-2)7-15-14(19)16-8-11-3-5-12(6-4-11)13(17)18/h10-12H,3-9H2,1-2H3,(H,17,18)(H2,15,16,19). The lowest BCUT2D eigenvalue weighted by Gasteiger charge is -2.26. The molecule has 0 aromatic heterocycles. The van der Waals surface area contributed by atoms with Crippen molar-refractivity contribution in [3.05, 3.63) is 0 Å². The van der Waals surface area contributed by atoms with E-state index in [1.54, 1.807) is 7.11 Å². The number of hydrogen-bond acceptors (Lipinski definition) is 3. The summed E-state index contributed by atoms with van der Waals surface area (Å²) in [5.74, 6) is -0.208. The second-order valence-electron chi connectivity index (χ2n) is 5.71. The van der Waals surface area contributed by atoms with E-state index in [9.17, 15) is 9.59 Å². The predicted octanol–water partition coefficient (Wildman–Crippen LogP) is 1.46. The Labute approximate surface area is 120 Å². The summed E-state index contributed by atoms with van der Waals surface area (Å²) in [5, 5.41) is 14.6. The minimum absolute atomic E-state index is 0.159. The lowest BCUT2D eigenvalue weighted by molar-refractivity contribution is -0.143. The van der Waals surface area contributed by atoms with E-state index in [1.807, 2.05) is 6.92 Å². The van der Waals surface area contributed by atoms with Gasteiger partial charge < -0.3 is 20.5 Å². The number of carboxylic acids is 1. The van der Waals surface area contributed by atoms with Crippen LogP contribution in [0.1, 0.15) is 32.6 Å². The van der Waals surface area contributed by atoms with E-state index in [4.69, 9.17) is 9.84 Å². The van der Waals surface area contributed by atoms with Crippen LogP contribution in [-0.4, -0.2) is 43.9 Å². The highest BCUT2D eigenvalue weighted by Gasteiger charge is 2.25. The van der Waals surface area contributed by atoms with Crippen LogP contribution in [0.2, 0.25) is 0 Å². The molecule has 0 aromatic rings. The smallest absolute Gasteiger partial charge is 0.314 e. The van der Waals surface area contributed by atoms with Crippen LogP contribution >= 0.6 is 0 Å². The molecule has 2 amide bonds. The fourth-order valence-electron chi connectivity index (χ4n) is 2.52. The van der Waals surface area contributed by atoms with E-state index in [1.165, 1.54) is 0 Å². The van der Waals surface area contributed by atoms with Crippen molar-refractivity contribution in [3.8, 4) is 0 Å². The summed E-state index contributed by atoms with van der Waals surface area (Å²) in [6, 6.07) is -0.159. The van der Waals surface area contributed by atoms with Gasteiger partial charge in [-0.1, -0.05) is 6.92 Å². The van der Waals surface area contributed by atoms with Crippen LogP contribution in [0.5, 0.6) is 0 Å². The zero-order valence-corrected chi connectivity index (χ0v) is 12.4. The Bertz CT molecular complexity index is 314. The first-order valence-electron chi connectivity index (χ1n) is 7.26. The van der Waals surface area contributed by atoms with Crippen LogP contribution in [0.3, 0.4) is 0 Å². The molecule has 20 heavy (non-hydrogen) atoms. The van der Waals surface area contributed by atoms with Gasteiger partial charge in [-0.25, -0.2) is 4.79 Å². The van der Waals surface area contributed by atoms with Gasteiger partial charge in [-0.3, -0.25) is 4.79 Å². The topological polar surface area (TPSA) is 87.7 Å². The third-order valence-corrected chi connectivity index (χ3v) is 3.81. The van der Waals surface area contributed by atoms with Gasteiger partial charge in [-0.2, -0.15) is 0 Å². The summed E-state index contributed by atoms with van der Waals surface area (Å²) in [6.07, 6.45) is 3.18. The van der Waals surface area contributed by atoms with E-state index in [2.05, 4.69) is 10.6 Å². The van der Waals surface area contributed by atoms with Gasteiger partial charge in [0.15, 0.2) is 0 Å². The average Bonchev–Trinajstić information content (AvgIpc) is 2.43. The van der Waals surface area contributed by atoms with E-state index in [-0.39, 0.29) is 17.9 Å². The number of carboxylic acid groups (broad SMARTS) is 1. The Kier molecular flexibility index (Phi) is 7.36. The van der Waals surface area contributed by atoms with Crippen LogP contribution in [0.25, 0.3) is 0 Å². The molecule has 1 aliphatic rings. The molecule has 6 heteroatoms. The summed E-state index contributed by atoms with van der Waals surface area (Å²) >= 11 is 0. The Morgan fingerprint density at radius 3 is 2.45 bits per heavy atom. The molecular formula is C14H26N2O4. The van der Waals surface area contributed by atoms with Crippen molar-refractivity contribution in [2.75, 3.05) is 26.8 Å². The van der Waals surface area contributed by atoms with Gasteiger partial charge in [0.1, 0.15) is 0 Å². The number of methoxy groups -OCH3 is 1. The summed E-state index contributed by atoms with van der Waals surface area (Å²) < 4.78 is 5.00. The van der Waals surface area contributed by atoms with Gasteiger partial charge in [0.2, 0.25) is 0 Å². The van der Waals surface area contributed by atoms with Gasteiger partial charge in [-0.15, -0.1) is 0 Å². The lowest BCUT2D eigenvalue weighted by Crippen LogP contribution is -2.41. The zero-order chi connectivity index (χ0) is 15.0. The van der Waals surface area contributed by atoms with Crippen molar-refractivity contribution in [1.82, 2.24) is 10.6 Å². The minimum Gasteiger partial charge on any atom is -0.481 e. The molecule has 0 saturated heterocycles. The second-order valence-corrected chi connectivity index (χ2v) is 5.71. The fourth-order valence-corrected chi connectivity index (χ4v) is 2.52. The maximum Gasteiger partial charge on any atom is 0.314 e. The Morgan fingerprint density at radius 1 is 1.25 bits per heavy atom. The fraction of sp³-hybridized carbons (Fsp3) is 0.857. The van der Waals surface area contributed by atoms with Gasteiger partial charge in [-0.05, 0) is 37.5 Å². The number of carbonyl (C=O) groups is 2. The molecule has 1 rings (SSSR count). The number of hydrogen-bond donors (Lipinski definition) is 3. The SMILES string of the molecule is COCC(C)CNC(=O)NCC1CCC(C(=O)O)CC1. The molecule has 1 unspecified atom stereocenters. The molecule has 0 bridgehead atoms. The molecule has 6 nitrogen and oxygen atoms in total. The molecule has 1 fully saturated rings. The number of carbonyl (C=O) groups excluding carboxylic acids is 1. The number of ether oxygens (including phenoxy) is 1. The molecule has 0 radical (unpaired) electrons. The second kappa shape index (κ2) is 8.79. The number of nitrogens with one attached hydrogen (secondary N) is 2. The highest BCUT2D eigenvalue weighted by atomic mass is 16.5. The van der Waals surface area contributed by atoms with Crippen LogP contribution < -0.4 is 10.6 Å². The van der Waals surface area contributed by atoms with Crippen LogP contribution in [-0.2, 0) is 9.53 Å². The Balaban J connectivity index is 2.11. The first-order valence-corrected chi connectivity index (χ1v) is 7.26. The minimum atomic E-state index is -0.693. The third kappa shape index (κ3) is 6.23. The van der Waals surface area contributed by atoms with Gasteiger partial charge in [0.05, 0.1) is 12.5 Å². The van der Waals surface area contributed by atoms with Crippen molar-refractivity contribution in [3.63, 3.8) is 0 Å². The van der Waals surface area contributed by atoms with Gasteiger partial charge in [0.25, 0.3) is 0 Å². The summed E-state index contributed by atoms with van der Waals surface area (Å²) in [4.78, 5) is 22.4. The summed E-state index contributed by atoms with van der Waals surface area (Å²) in [7, 11) is 1.64. The Hall–Kier alpha value is -1.30. The number of amides is 2. The highest BCUT2D eigenvalue weighted by molar-refractivity contribution is 5.73. The maximum absolute atomic E-state index is 11.6. The van der Waals surface area contributed by atoms with Gasteiger partial charge >= 0.3 is 12.0 Å². The highest BCUT2D eigenvalue weighted by Crippen LogP contribution is 2.28. The van der Waals surface area contributed by atoms with E-state index >= 15 is 0 Å². The molecule has 1 aliphatic carbocycles. The van der Waals surface area contributed by atoms with Crippen molar-refractivity contribution >= 4 is 12.0 Å². The third-order valence-electron chi connectivity index (χ3n) is 3.81. The molecule has 116 valence electrons. The number of rotatable bonds is 7. The normalized spacial score (nSPS) is 23.9. The van der Waals surface area contributed by atoms with Crippen molar-refractivity contribution in [2.24, 2.45) is 17.8 Å². The number of urea groups is 1. The van der Waals surface area contributed by atoms with Crippen molar-refractivity contribution < 1.29 is 19.4 Å². The lowest BCUT2D eigenvalue weighted by atomic mass is 9.82. The van der Waals surface area contributed by atoms with Crippen molar-refractivity contribution in [2.45, 2.75) is 32.6 Å². The number of aliphatic carboxylic acids is 1. The van der Waals surface area contributed by atoms with E-state index in [0.717, 1.165) is 12.8 Å². The summed E-state index contributed by atoms with van der Waals surface area (Å²) in [6.45, 7) is 3.85. The molecule has 0 aliphatic heterocycles. The van der Waals surface area contributed by atoms with Crippen molar-refractivity contribution in [1.29, 1.82) is 0 Å². The van der Waals surface area contributed by atoms with E-state index in [0.29, 0.717) is 38.5 Å². The average molecular weight is 286 g/mol. The monoisotopic (exact) mass is 286 g/mol. The molecule has 0 heterocycles. The molecule has 1 atom stereocenters. The van der Waals surface area contributed by atoms with Crippen LogP contribution in [0.15, 0.2) is 0 Å². The molecule has 3 N–H and O–H groups in total. The summed E-state index contributed by atoms with van der Waals surface area (Å²) in [5.41, 5.74) is 0. The molecule has 0 spiro atoms. The largest absolute Gasteiger partial charge is 0.481 e. The van der Waals surface area contributed by atoms with Crippen LogP contribution in [0, 0.1) is 17.8 Å². The van der Waals surface area contributed by atoms with E-state index < -0.39 is 5.97 Å². The molecular weight excluding hydrogens is 260 g/mol. The first kappa shape index (κ1) is 16.8. The van der Waals surface area contributed by atoms with Crippen LogP contribution in [0.4, 0.5) is 4.79 Å². The van der Waals surface area contributed by atoms with Gasteiger partial charge in [0, 0.05) is 20.2 Å². The predicted molar refractivity (Wildman–Crippen MR) is 75.5 cm³/mol. The molecule has 1 saturated carbocycles. The zero-order valence-electron chi connectivity index (χ0n) is 12.4. The quantitative estimate of drug-likeness (QED) is 0.661. The maximum atomic E-state index is 11.6. The Morgan fingerprint density at radius 2 is 1.90 bits per heavy atom.